The van der Waals surface area contributed by atoms with Crippen LogP contribution in [0.2, 0.25) is 0 Å². The molecule has 0 saturated heterocycles. The zero-order chi connectivity index (χ0) is 40.6. The first-order valence-electron chi connectivity index (χ1n) is 21.2. The highest BCUT2D eigenvalue weighted by Gasteiger charge is 1.39. The molecule has 0 rings (SSSR count). The molecule has 0 spiro atoms. The summed E-state index contributed by atoms with van der Waals surface area (Å²) >= 11 is 0. The number of rotatable bonds is 0. The van der Waals surface area contributed by atoms with E-state index in [1.807, 2.05) is 0 Å². The van der Waals surface area contributed by atoms with Crippen LogP contribution in [0.1, 0.15) is 341 Å². The Bertz CT molecular complexity index is 58.6. The maximum Gasteiger partial charge on any atom is -0.0590 e. The molecule has 0 atom stereocenters. The molecular weight excluding hydrogens is 601 g/mol. The van der Waals surface area contributed by atoms with Gasteiger partial charge in [-0.3, -0.25) is 0 Å². The molecule has 0 aliphatic heterocycles. The summed E-state index contributed by atoms with van der Waals surface area (Å²) in [5, 5.41) is 0. The molecule has 0 heterocycles. The van der Waals surface area contributed by atoms with Crippen molar-refractivity contribution in [3.8, 4) is 0 Å². The molecule has 0 aromatic carbocycles. The minimum Gasteiger partial charge on any atom is -0.0776 e. The van der Waals surface area contributed by atoms with Crippen molar-refractivity contribution in [2.75, 3.05) is 0 Å². The number of hydrogen-bond acceptors (Lipinski definition) is 0. The molecule has 0 amide bonds. The Morgan fingerprint density at radius 2 is 0.100 bits per heavy atom. The van der Waals surface area contributed by atoms with Crippen molar-refractivity contribution in [3.63, 3.8) is 0 Å². The Hall–Kier alpha value is 0. The van der Waals surface area contributed by atoms with Gasteiger partial charge in [0.2, 0.25) is 0 Å². The second-order valence-corrected chi connectivity index (χ2v) is 10.6. The van der Waals surface area contributed by atoms with Crippen molar-refractivity contribution in [1.82, 2.24) is 0 Å². The summed E-state index contributed by atoms with van der Waals surface area (Å²) in [6, 6.07) is 0. The van der Waals surface area contributed by atoms with Crippen molar-refractivity contribution >= 4 is 0 Å². The van der Waals surface area contributed by atoms with Crippen molar-refractivity contribution in [2.45, 2.75) is 341 Å². The Morgan fingerprint density at radius 1 is 0.100 bits per heavy atom. The van der Waals surface area contributed by atoms with Crippen molar-refractivity contribution in [3.05, 3.63) is 0 Å². The summed E-state index contributed by atoms with van der Waals surface area (Å²) in [5.41, 5.74) is 0. The van der Waals surface area contributed by atoms with E-state index in [1.54, 1.807) is 0 Å². The minimum atomic E-state index is 0. The first-order chi connectivity index (χ1) is 21.2. The average molecular weight is 742 g/mol. The predicted molar refractivity (Wildman–Crippen MR) is 273 cm³/mol. The molecule has 0 bridgehead atoms. The van der Waals surface area contributed by atoms with Gasteiger partial charge in [0.05, 0.1) is 0 Å². The molecule has 0 unspecified atom stereocenters. The van der Waals surface area contributed by atoms with Gasteiger partial charge in [-0.1, -0.05) is 341 Å². The summed E-state index contributed by atoms with van der Waals surface area (Å²) < 4.78 is 0. The third-order valence-electron chi connectivity index (χ3n) is 0. The molecule has 50 heavy (non-hydrogen) atoms. The van der Waals surface area contributed by atoms with E-state index in [4.69, 9.17) is 0 Å². The average Bonchev–Trinajstić information content (AvgIpc) is 2.91. The molecular formula is C50H140. The second kappa shape index (κ2) is 502. The Kier molecular flexibility index (Phi) is 1340. The molecule has 0 aromatic heterocycles. The normalized spacial score (nSPS) is 5.40. The lowest BCUT2D eigenvalue weighted by Crippen LogP contribution is -1.27. The van der Waals surface area contributed by atoms with Crippen molar-refractivity contribution in [1.29, 1.82) is 0 Å². The van der Waals surface area contributed by atoms with Crippen LogP contribution in [0.3, 0.4) is 0 Å². The SMILES string of the molecule is C.C.C.C.C.CCC.CCC.CCC.CCC.CCC.CCC.CCC.CCC.CCC.CCC.CCC.CCC.CCC.CCC.CCC. The monoisotopic (exact) mass is 741 g/mol. The van der Waals surface area contributed by atoms with Crippen LogP contribution in [-0.2, 0) is 0 Å². The summed E-state index contributed by atoms with van der Waals surface area (Å²) in [7, 11) is 0. The topological polar surface area (TPSA) is 0 Å². The van der Waals surface area contributed by atoms with Crippen LogP contribution >= 0.6 is 0 Å². The van der Waals surface area contributed by atoms with Gasteiger partial charge in [0.1, 0.15) is 0 Å². The first kappa shape index (κ1) is 133. The molecule has 0 N–H and O–H groups in total. The zero-order valence-electron chi connectivity index (χ0n) is 40.6. The van der Waals surface area contributed by atoms with Crippen LogP contribution in [0.15, 0.2) is 0 Å². The van der Waals surface area contributed by atoms with Gasteiger partial charge >= 0.3 is 0 Å². The van der Waals surface area contributed by atoms with E-state index >= 15 is 0 Å². The highest BCUT2D eigenvalue weighted by atomic mass is 13.5. The van der Waals surface area contributed by atoms with Crippen molar-refractivity contribution in [2.24, 2.45) is 0 Å². The van der Waals surface area contributed by atoms with E-state index in [2.05, 4.69) is 208 Å². The summed E-state index contributed by atoms with van der Waals surface area (Å²) in [5.74, 6) is 0. The van der Waals surface area contributed by atoms with Gasteiger partial charge in [-0.25, -0.2) is 0 Å². The Morgan fingerprint density at radius 3 is 0.100 bits per heavy atom. The molecule has 340 valence electrons. The fourth-order valence-corrected chi connectivity index (χ4v) is 0. The largest absolute Gasteiger partial charge is 0.0776 e. The van der Waals surface area contributed by atoms with Crippen LogP contribution in [0.5, 0.6) is 0 Å². The summed E-state index contributed by atoms with van der Waals surface area (Å²) in [6.07, 6.45) is 18.8. The molecule has 0 saturated carbocycles. The highest BCUT2D eigenvalue weighted by molar-refractivity contribution is 3.96. The van der Waals surface area contributed by atoms with E-state index < -0.39 is 0 Å². The summed E-state index contributed by atoms with van der Waals surface area (Å²) in [6.45, 7) is 63.8. The van der Waals surface area contributed by atoms with Gasteiger partial charge in [-0.05, 0) is 0 Å². The third-order valence-corrected chi connectivity index (χ3v) is 0. The van der Waals surface area contributed by atoms with Gasteiger partial charge in [-0.15, -0.1) is 0 Å². The Balaban J connectivity index is -0.0000000106. The van der Waals surface area contributed by atoms with E-state index in [0.29, 0.717) is 0 Å². The van der Waals surface area contributed by atoms with E-state index in [0.717, 1.165) is 0 Å². The van der Waals surface area contributed by atoms with E-state index in [9.17, 15) is 0 Å². The second-order valence-electron chi connectivity index (χ2n) is 10.6. The summed E-state index contributed by atoms with van der Waals surface area (Å²) in [4.78, 5) is 0. The first-order valence-corrected chi connectivity index (χ1v) is 21.2. The van der Waals surface area contributed by atoms with Crippen molar-refractivity contribution < 1.29 is 0 Å². The van der Waals surface area contributed by atoms with Gasteiger partial charge in [0, 0.05) is 0 Å². The van der Waals surface area contributed by atoms with Gasteiger partial charge < -0.3 is 0 Å². The lowest BCUT2D eigenvalue weighted by Gasteiger charge is -1.48. The van der Waals surface area contributed by atoms with E-state index in [1.165, 1.54) is 96.3 Å². The minimum absolute atomic E-state index is 0. The van der Waals surface area contributed by atoms with E-state index in [-0.39, 0.29) is 37.1 Å². The zero-order valence-corrected chi connectivity index (χ0v) is 40.6. The number of hydrogen-bond donors (Lipinski definition) is 0. The molecule has 0 aliphatic carbocycles. The molecule has 0 heteroatoms. The van der Waals surface area contributed by atoms with Gasteiger partial charge in [0.15, 0.2) is 0 Å². The van der Waals surface area contributed by atoms with Crippen LogP contribution in [0, 0.1) is 0 Å². The maximum absolute atomic E-state index is 2.12. The lowest BCUT2D eigenvalue weighted by molar-refractivity contribution is 1.09. The van der Waals surface area contributed by atoms with Crippen LogP contribution < -0.4 is 0 Å². The van der Waals surface area contributed by atoms with Gasteiger partial charge in [0.25, 0.3) is 0 Å². The highest BCUT2D eigenvalue weighted by Crippen LogP contribution is 1.60. The molecule has 0 fully saturated rings. The molecule has 0 radical (unpaired) electrons. The molecule has 0 aromatic rings. The fourth-order valence-electron chi connectivity index (χ4n) is 0. The van der Waals surface area contributed by atoms with Crippen LogP contribution in [-0.4, -0.2) is 0 Å². The Labute approximate surface area is 340 Å². The van der Waals surface area contributed by atoms with Gasteiger partial charge in [-0.2, -0.15) is 0 Å². The maximum atomic E-state index is 2.12. The third kappa shape index (κ3) is 0. The van der Waals surface area contributed by atoms with Crippen LogP contribution in [0.25, 0.3) is 0 Å². The smallest absolute Gasteiger partial charge is 0.0590 e. The fraction of sp³-hybridized carbons (Fsp3) is 1.00. The predicted octanol–water partition coefficient (Wildman–Crippen LogP) is 24.4. The van der Waals surface area contributed by atoms with Crippen LogP contribution in [0.4, 0.5) is 0 Å². The molecule has 0 nitrogen and oxygen atoms in total. The lowest BCUT2D eigenvalue weighted by atomic mass is 10.6. The standard InChI is InChI=1S/15C3H8.5CH4/c15*1-3-2;;;;;/h15*3H2,1-2H3;5*1H4. The quantitative estimate of drug-likeness (QED) is 0.232. The molecule has 0 aliphatic rings.